The van der Waals surface area contributed by atoms with Gasteiger partial charge >= 0.3 is 6.03 Å². The zero-order valence-electron chi connectivity index (χ0n) is 15.7. The summed E-state index contributed by atoms with van der Waals surface area (Å²) >= 11 is 6.04. The molecule has 0 bridgehead atoms. The lowest BCUT2D eigenvalue weighted by atomic mass is 10.1. The highest BCUT2D eigenvalue weighted by Crippen LogP contribution is 2.36. The van der Waals surface area contributed by atoms with Crippen LogP contribution in [0.4, 0.5) is 10.5 Å². The summed E-state index contributed by atoms with van der Waals surface area (Å²) in [5, 5.41) is 0.487. The fraction of sp³-hybridized carbons (Fsp3) is 0.136. The third-order valence-electron chi connectivity index (χ3n) is 4.84. The van der Waals surface area contributed by atoms with E-state index in [-0.39, 0.29) is 18.0 Å². The number of carbonyl (C=O) groups is 1. The quantitative estimate of drug-likeness (QED) is 0.591. The highest BCUT2D eigenvalue weighted by atomic mass is 35.5. The lowest BCUT2D eigenvalue weighted by Crippen LogP contribution is -2.49. The number of nitrogens with zero attached hydrogens (tertiary/aromatic N) is 2. The first-order chi connectivity index (χ1) is 13.9. The maximum absolute atomic E-state index is 13.3. The van der Waals surface area contributed by atoms with Gasteiger partial charge in [-0.1, -0.05) is 65.7 Å². The van der Waals surface area contributed by atoms with Crippen molar-refractivity contribution in [3.05, 3.63) is 94.5 Å². The first-order valence-corrected chi connectivity index (χ1v) is 10.9. The van der Waals surface area contributed by atoms with E-state index in [1.54, 1.807) is 42.5 Å². The molecule has 3 aromatic carbocycles. The molecule has 3 aromatic rings. The number of rotatable bonds is 4. The van der Waals surface area contributed by atoms with Crippen LogP contribution in [0.5, 0.6) is 0 Å². The standard InChI is InChI=1S/C22H19ClN2O3S/c1-16-9-11-17(12-10-16)14-24-20-7-2-3-8-21(20)29(27,28)25(22(24)26)15-18-5-4-6-19(23)13-18/h2-13H,14-15H2,1H3. The Balaban J connectivity index is 1.77. The van der Waals surface area contributed by atoms with Crippen molar-refractivity contribution < 1.29 is 13.2 Å². The maximum Gasteiger partial charge on any atom is 0.339 e. The summed E-state index contributed by atoms with van der Waals surface area (Å²) in [6.45, 7) is 2.18. The summed E-state index contributed by atoms with van der Waals surface area (Å²) in [4.78, 5) is 14.9. The van der Waals surface area contributed by atoms with Gasteiger partial charge in [0.25, 0.3) is 10.0 Å². The molecule has 4 rings (SSSR count). The van der Waals surface area contributed by atoms with Crippen LogP contribution in [0.1, 0.15) is 16.7 Å². The number of hydrogen-bond acceptors (Lipinski definition) is 3. The number of urea groups is 1. The minimum Gasteiger partial charge on any atom is -0.288 e. The molecule has 0 N–H and O–H groups in total. The molecule has 29 heavy (non-hydrogen) atoms. The molecular formula is C22H19ClN2O3S. The van der Waals surface area contributed by atoms with Crippen LogP contribution >= 0.6 is 11.6 Å². The Morgan fingerprint density at radius 1 is 0.862 bits per heavy atom. The normalized spacial score (nSPS) is 15.3. The first-order valence-electron chi connectivity index (χ1n) is 9.09. The fourth-order valence-electron chi connectivity index (χ4n) is 3.34. The molecule has 0 aromatic heterocycles. The Hall–Kier alpha value is -2.83. The van der Waals surface area contributed by atoms with Gasteiger partial charge in [-0.05, 0) is 42.3 Å². The van der Waals surface area contributed by atoms with Gasteiger partial charge in [0, 0.05) is 5.02 Å². The molecule has 0 saturated carbocycles. The number of sulfonamides is 1. The number of halogens is 1. The molecule has 2 amide bonds. The summed E-state index contributed by atoms with van der Waals surface area (Å²) in [5.74, 6) is 0. The number of aryl methyl sites for hydroxylation is 1. The van der Waals surface area contributed by atoms with Crippen LogP contribution in [0.25, 0.3) is 0 Å². The number of anilines is 1. The van der Waals surface area contributed by atoms with Crippen molar-refractivity contribution in [2.75, 3.05) is 4.90 Å². The van der Waals surface area contributed by atoms with E-state index in [4.69, 9.17) is 11.6 Å². The van der Waals surface area contributed by atoms with Crippen LogP contribution in [-0.4, -0.2) is 18.8 Å². The molecule has 0 saturated heterocycles. The molecule has 0 spiro atoms. The van der Waals surface area contributed by atoms with Crippen LogP contribution in [0.15, 0.2) is 77.7 Å². The Kier molecular flexibility index (Phi) is 5.06. The molecule has 0 radical (unpaired) electrons. The number of amides is 2. The van der Waals surface area contributed by atoms with Gasteiger partial charge in [0.2, 0.25) is 0 Å². The van der Waals surface area contributed by atoms with Crippen molar-refractivity contribution in [3.63, 3.8) is 0 Å². The van der Waals surface area contributed by atoms with Crippen molar-refractivity contribution in [1.82, 2.24) is 4.31 Å². The summed E-state index contributed by atoms with van der Waals surface area (Å²) in [5.41, 5.74) is 3.06. The SMILES string of the molecule is Cc1ccc(CN2C(=O)N(Cc3cccc(Cl)c3)S(=O)(=O)c3ccccc32)cc1. The lowest BCUT2D eigenvalue weighted by Gasteiger charge is -2.36. The van der Waals surface area contributed by atoms with E-state index in [9.17, 15) is 13.2 Å². The van der Waals surface area contributed by atoms with Crippen LogP contribution in [0, 0.1) is 6.92 Å². The summed E-state index contributed by atoms with van der Waals surface area (Å²) in [6.07, 6.45) is 0. The second-order valence-electron chi connectivity index (χ2n) is 6.96. The highest BCUT2D eigenvalue weighted by Gasteiger charge is 2.41. The summed E-state index contributed by atoms with van der Waals surface area (Å²) in [6, 6.07) is 20.7. The Labute approximate surface area is 175 Å². The van der Waals surface area contributed by atoms with E-state index in [0.29, 0.717) is 16.3 Å². The number of hydrogen-bond donors (Lipinski definition) is 0. The first kappa shape index (κ1) is 19.5. The van der Waals surface area contributed by atoms with E-state index in [2.05, 4.69) is 0 Å². The molecule has 0 aliphatic carbocycles. The molecule has 7 heteroatoms. The van der Waals surface area contributed by atoms with Crippen LogP contribution < -0.4 is 4.90 Å². The molecule has 148 valence electrons. The Bertz CT molecular complexity index is 1180. The van der Waals surface area contributed by atoms with E-state index in [0.717, 1.165) is 15.4 Å². The number of fused-ring (bicyclic) bond motifs is 1. The minimum atomic E-state index is -3.98. The van der Waals surface area contributed by atoms with E-state index in [1.807, 2.05) is 31.2 Å². The lowest BCUT2D eigenvalue weighted by molar-refractivity contribution is 0.226. The average molecular weight is 427 g/mol. The molecule has 0 fully saturated rings. The summed E-state index contributed by atoms with van der Waals surface area (Å²) in [7, 11) is -3.98. The van der Waals surface area contributed by atoms with Gasteiger partial charge in [-0.3, -0.25) is 4.90 Å². The number of carbonyl (C=O) groups excluding carboxylic acids is 1. The van der Waals surface area contributed by atoms with E-state index < -0.39 is 16.1 Å². The van der Waals surface area contributed by atoms with Crippen LogP contribution in [0.2, 0.25) is 5.02 Å². The smallest absolute Gasteiger partial charge is 0.288 e. The van der Waals surface area contributed by atoms with Gasteiger partial charge in [-0.15, -0.1) is 0 Å². The number of benzene rings is 3. The largest absolute Gasteiger partial charge is 0.339 e. The van der Waals surface area contributed by atoms with Crippen molar-refractivity contribution in [2.24, 2.45) is 0 Å². The molecule has 0 atom stereocenters. The molecule has 1 aliphatic rings. The monoisotopic (exact) mass is 426 g/mol. The predicted molar refractivity (Wildman–Crippen MR) is 113 cm³/mol. The molecule has 1 aliphatic heterocycles. The Morgan fingerprint density at radius 3 is 2.31 bits per heavy atom. The van der Waals surface area contributed by atoms with Crippen molar-refractivity contribution >= 4 is 33.3 Å². The van der Waals surface area contributed by atoms with Gasteiger partial charge in [0.05, 0.1) is 18.8 Å². The predicted octanol–water partition coefficient (Wildman–Crippen LogP) is 4.98. The second kappa shape index (κ2) is 7.54. The second-order valence-corrected chi connectivity index (χ2v) is 9.23. The molecule has 0 unspecified atom stereocenters. The molecule has 1 heterocycles. The van der Waals surface area contributed by atoms with Crippen LogP contribution in [-0.2, 0) is 23.1 Å². The minimum absolute atomic E-state index is 0.0829. The van der Waals surface area contributed by atoms with Gasteiger partial charge in [0.15, 0.2) is 0 Å². The third-order valence-corrected chi connectivity index (χ3v) is 6.85. The van der Waals surface area contributed by atoms with Crippen LogP contribution in [0.3, 0.4) is 0 Å². The van der Waals surface area contributed by atoms with Crippen molar-refractivity contribution in [3.8, 4) is 0 Å². The summed E-state index contributed by atoms with van der Waals surface area (Å²) < 4.78 is 27.3. The number of para-hydroxylation sites is 1. The third kappa shape index (κ3) is 3.73. The van der Waals surface area contributed by atoms with Crippen molar-refractivity contribution in [2.45, 2.75) is 24.9 Å². The topological polar surface area (TPSA) is 57.7 Å². The zero-order chi connectivity index (χ0) is 20.6. The highest BCUT2D eigenvalue weighted by molar-refractivity contribution is 7.90. The van der Waals surface area contributed by atoms with Crippen molar-refractivity contribution in [1.29, 1.82) is 0 Å². The molecule has 5 nitrogen and oxygen atoms in total. The van der Waals surface area contributed by atoms with E-state index in [1.165, 1.54) is 11.0 Å². The van der Waals surface area contributed by atoms with Gasteiger partial charge < -0.3 is 0 Å². The maximum atomic E-state index is 13.3. The molecular weight excluding hydrogens is 408 g/mol. The van der Waals surface area contributed by atoms with Gasteiger partial charge in [-0.2, -0.15) is 0 Å². The van der Waals surface area contributed by atoms with Gasteiger partial charge in [-0.25, -0.2) is 17.5 Å². The average Bonchev–Trinajstić information content (AvgIpc) is 2.70. The van der Waals surface area contributed by atoms with E-state index >= 15 is 0 Å². The van der Waals surface area contributed by atoms with Gasteiger partial charge in [0.1, 0.15) is 4.90 Å². The zero-order valence-corrected chi connectivity index (χ0v) is 17.3. The Morgan fingerprint density at radius 2 is 1.59 bits per heavy atom. The fourth-order valence-corrected chi connectivity index (χ4v) is 5.11.